The maximum Gasteiger partial charge on any atom is 0.266 e. The van der Waals surface area contributed by atoms with Crippen molar-refractivity contribution in [2.45, 2.75) is 60.4 Å². The van der Waals surface area contributed by atoms with Crippen LogP contribution < -0.4 is 10.3 Å². The van der Waals surface area contributed by atoms with Gasteiger partial charge in [-0.25, -0.2) is 4.98 Å². The zero-order valence-electron chi connectivity index (χ0n) is 21.2. The van der Waals surface area contributed by atoms with Crippen LogP contribution in [-0.4, -0.2) is 33.5 Å². The molecule has 0 saturated carbocycles. The third-order valence-corrected chi connectivity index (χ3v) is 5.90. The van der Waals surface area contributed by atoms with Crippen LogP contribution >= 0.6 is 0 Å². The van der Waals surface area contributed by atoms with Gasteiger partial charge >= 0.3 is 0 Å². The number of nitrogens with zero attached hydrogens (tertiary/aromatic N) is 3. The molecule has 6 heteroatoms. The standard InChI is InChI=1S/C28H37N3O3/c1-7-34-23-14-12-22(13-15-23)31-27(29-25-11-9-8-10-24(25)28(31)33)21(6)30(17-16-19(2)3)26(32)18-20(4)5/h8-15,19-21H,7,16-18H2,1-6H3. The SMILES string of the molecule is CCOc1ccc(-n2c(C(C)N(CCC(C)C)C(=O)CC(C)C)nc3ccccc3c2=O)cc1. The lowest BCUT2D eigenvalue weighted by Gasteiger charge is -2.31. The molecule has 1 heterocycles. The van der Waals surface area contributed by atoms with Crippen LogP contribution in [0.5, 0.6) is 5.75 Å². The molecule has 1 amide bonds. The number of para-hydroxylation sites is 1. The molecule has 3 aromatic rings. The van der Waals surface area contributed by atoms with Gasteiger partial charge in [0.25, 0.3) is 5.56 Å². The fraction of sp³-hybridized carbons (Fsp3) is 0.464. The zero-order valence-corrected chi connectivity index (χ0v) is 21.2. The second-order valence-corrected chi connectivity index (χ2v) is 9.60. The number of ether oxygens (including phenoxy) is 1. The maximum atomic E-state index is 13.7. The van der Waals surface area contributed by atoms with Crippen LogP contribution in [-0.2, 0) is 4.79 Å². The zero-order chi connectivity index (χ0) is 24.8. The highest BCUT2D eigenvalue weighted by molar-refractivity contribution is 5.79. The van der Waals surface area contributed by atoms with Crippen molar-refractivity contribution in [3.8, 4) is 11.4 Å². The first-order valence-electron chi connectivity index (χ1n) is 12.3. The lowest BCUT2D eigenvalue weighted by atomic mass is 10.1. The summed E-state index contributed by atoms with van der Waals surface area (Å²) in [5.41, 5.74) is 1.20. The summed E-state index contributed by atoms with van der Waals surface area (Å²) >= 11 is 0. The van der Waals surface area contributed by atoms with Gasteiger partial charge in [0.15, 0.2) is 0 Å². The van der Waals surface area contributed by atoms with Crippen molar-refractivity contribution < 1.29 is 9.53 Å². The number of aromatic nitrogens is 2. The molecule has 0 saturated heterocycles. The van der Waals surface area contributed by atoms with Gasteiger partial charge in [-0.2, -0.15) is 0 Å². The molecule has 1 unspecified atom stereocenters. The summed E-state index contributed by atoms with van der Waals surface area (Å²) in [5.74, 6) is 2.10. The van der Waals surface area contributed by atoms with Gasteiger partial charge in [-0.1, -0.05) is 39.8 Å². The molecule has 6 nitrogen and oxygen atoms in total. The van der Waals surface area contributed by atoms with Gasteiger partial charge in [0, 0.05) is 13.0 Å². The van der Waals surface area contributed by atoms with E-state index in [0.717, 1.165) is 12.2 Å². The fourth-order valence-electron chi connectivity index (χ4n) is 4.08. The molecule has 2 aromatic carbocycles. The van der Waals surface area contributed by atoms with E-state index in [1.54, 1.807) is 10.6 Å². The summed E-state index contributed by atoms with van der Waals surface area (Å²) in [7, 11) is 0. The Morgan fingerprint density at radius 1 is 1.00 bits per heavy atom. The van der Waals surface area contributed by atoms with Crippen molar-refractivity contribution in [1.29, 1.82) is 0 Å². The van der Waals surface area contributed by atoms with E-state index >= 15 is 0 Å². The average Bonchev–Trinajstić information content (AvgIpc) is 2.79. The van der Waals surface area contributed by atoms with Gasteiger partial charge in [-0.05, 0) is 68.5 Å². The minimum absolute atomic E-state index is 0.0869. The molecular formula is C28H37N3O3. The molecule has 0 aliphatic carbocycles. The van der Waals surface area contributed by atoms with Gasteiger partial charge < -0.3 is 9.64 Å². The Hall–Kier alpha value is -3.15. The summed E-state index contributed by atoms with van der Waals surface area (Å²) in [4.78, 5) is 33.8. The molecule has 0 N–H and O–H groups in total. The topological polar surface area (TPSA) is 64.4 Å². The van der Waals surface area contributed by atoms with Crippen LogP contribution in [0.25, 0.3) is 16.6 Å². The van der Waals surface area contributed by atoms with E-state index in [1.165, 1.54) is 0 Å². The number of hydrogen-bond donors (Lipinski definition) is 0. The minimum Gasteiger partial charge on any atom is -0.494 e. The van der Waals surface area contributed by atoms with Crippen LogP contribution in [0, 0.1) is 11.8 Å². The number of carbonyl (C=O) groups excluding carboxylic acids is 1. The Bertz CT molecular complexity index is 1170. The van der Waals surface area contributed by atoms with E-state index in [1.807, 2.05) is 75.1 Å². The second kappa shape index (κ2) is 11.3. The van der Waals surface area contributed by atoms with Crippen LogP contribution in [0.3, 0.4) is 0 Å². The Morgan fingerprint density at radius 2 is 1.68 bits per heavy atom. The van der Waals surface area contributed by atoms with Crippen LogP contribution in [0.15, 0.2) is 53.3 Å². The first-order chi connectivity index (χ1) is 16.2. The molecule has 0 aliphatic rings. The minimum atomic E-state index is -0.367. The third-order valence-electron chi connectivity index (χ3n) is 5.90. The van der Waals surface area contributed by atoms with Gasteiger partial charge in [-0.3, -0.25) is 14.2 Å². The molecule has 34 heavy (non-hydrogen) atoms. The van der Waals surface area contributed by atoms with Crippen molar-refractivity contribution >= 4 is 16.8 Å². The first kappa shape index (κ1) is 25.5. The molecule has 1 aromatic heterocycles. The lowest BCUT2D eigenvalue weighted by Crippen LogP contribution is -2.38. The maximum absolute atomic E-state index is 13.7. The summed E-state index contributed by atoms with van der Waals surface area (Å²) in [6.07, 6.45) is 1.35. The van der Waals surface area contributed by atoms with E-state index in [9.17, 15) is 9.59 Å². The highest BCUT2D eigenvalue weighted by Gasteiger charge is 2.27. The Kier molecular flexibility index (Phi) is 8.48. The summed E-state index contributed by atoms with van der Waals surface area (Å²) < 4.78 is 7.23. The van der Waals surface area contributed by atoms with Gasteiger partial charge in [0.1, 0.15) is 11.6 Å². The molecule has 3 rings (SSSR count). The number of benzene rings is 2. The number of amides is 1. The van der Waals surface area contributed by atoms with Crippen LogP contribution in [0.4, 0.5) is 0 Å². The van der Waals surface area contributed by atoms with Gasteiger partial charge in [0.2, 0.25) is 5.91 Å². The summed E-state index contributed by atoms with van der Waals surface area (Å²) in [6.45, 7) is 13.5. The first-order valence-corrected chi connectivity index (χ1v) is 12.3. The van der Waals surface area contributed by atoms with E-state index in [0.29, 0.717) is 47.9 Å². The molecule has 0 bridgehead atoms. The Labute approximate surface area is 202 Å². The van der Waals surface area contributed by atoms with Crippen molar-refractivity contribution in [3.05, 3.63) is 64.7 Å². The monoisotopic (exact) mass is 463 g/mol. The van der Waals surface area contributed by atoms with Gasteiger partial charge in [0.05, 0.1) is 29.2 Å². The van der Waals surface area contributed by atoms with E-state index in [2.05, 4.69) is 13.8 Å². The number of carbonyl (C=O) groups is 1. The fourth-order valence-corrected chi connectivity index (χ4v) is 4.08. The second-order valence-electron chi connectivity index (χ2n) is 9.60. The van der Waals surface area contributed by atoms with E-state index in [4.69, 9.17) is 9.72 Å². The van der Waals surface area contributed by atoms with Crippen LogP contribution in [0.2, 0.25) is 0 Å². The number of fused-ring (bicyclic) bond motifs is 1. The third kappa shape index (κ3) is 5.85. The molecule has 0 fully saturated rings. The van der Waals surface area contributed by atoms with Crippen molar-refractivity contribution in [3.63, 3.8) is 0 Å². The van der Waals surface area contributed by atoms with Gasteiger partial charge in [-0.15, -0.1) is 0 Å². The average molecular weight is 464 g/mol. The van der Waals surface area contributed by atoms with E-state index in [-0.39, 0.29) is 23.4 Å². The van der Waals surface area contributed by atoms with Crippen molar-refractivity contribution in [1.82, 2.24) is 14.5 Å². The predicted molar refractivity (Wildman–Crippen MR) is 138 cm³/mol. The highest BCUT2D eigenvalue weighted by Crippen LogP contribution is 2.26. The molecule has 0 spiro atoms. The number of hydrogen-bond acceptors (Lipinski definition) is 4. The predicted octanol–water partition coefficient (Wildman–Crippen LogP) is 5.77. The molecule has 182 valence electrons. The molecular weight excluding hydrogens is 426 g/mol. The summed E-state index contributed by atoms with van der Waals surface area (Å²) in [6, 6.07) is 14.5. The highest BCUT2D eigenvalue weighted by atomic mass is 16.5. The van der Waals surface area contributed by atoms with Crippen molar-refractivity contribution in [2.24, 2.45) is 11.8 Å². The molecule has 0 radical (unpaired) electrons. The van der Waals surface area contributed by atoms with E-state index < -0.39 is 0 Å². The molecule has 0 aliphatic heterocycles. The smallest absolute Gasteiger partial charge is 0.266 e. The quantitative estimate of drug-likeness (QED) is 0.383. The lowest BCUT2D eigenvalue weighted by molar-refractivity contribution is -0.134. The Balaban J connectivity index is 2.17. The normalized spacial score (nSPS) is 12.4. The number of rotatable bonds is 10. The largest absolute Gasteiger partial charge is 0.494 e. The molecule has 1 atom stereocenters. The Morgan fingerprint density at radius 3 is 2.29 bits per heavy atom. The summed E-state index contributed by atoms with van der Waals surface area (Å²) in [5, 5.41) is 0.551. The van der Waals surface area contributed by atoms with Crippen LogP contribution in [0.1, 0.15) is 66.3 Å². The van der Waals surface area contributed by atoms with Crippen molar-refractivity contribution in [2.75, 3.05) is 13.2 Å².